The molecule has 0 amide bonds. The van der Waals surface area contributed by atoms with E-state index in [0.29, 0.717) is 0 Å². The highest BCUT2D eigenvalue weighted by atomic mass is 127. The number of hydrogen-bond acceptors (Lipinski definition) is 3. The fraction of sp³-hybridized carbons (Fsp3) is 0.364. The molecule has 7 heteroatoms. The van der Waals surface area contributed by atoms with E-state index in [4.69, 9.17) is 5.73 Å². The first-order chi connectivity index (χ1) is 7.87. The molecule has 0 bridgehead atoms. The molecule has 1 rings (SSSR count). The molecule has 0 unspecified atom stereocenters. The first-order valence-electron chi connectivity index (χ1n) is 5.18. The Morgan fingerprint density at radius 2 is 1.89 bits per heavy atom. The minimum absolute atomic E-state index is 0. The van der Waals surface area contributed by atoms with Crippen LogP contribution in [0.1, 0.15) is 5.56 Å². The van der Waals surface area contributed by atoms with Gasteiger partial charge in [0.2, 0.25) is 0 Å². The lowest BCUT2D eigenvalue weighted by molar-refractivity contribution is 0.601. The number of aliphatic imine (C=N–C) groups is 1. The first kappa shape index (κ1) is 17.2. The topological polar surface area (TPSA) is 84.5 Å². The minimum Gasteiger partial charge on any atom is -0.370 e. The number of hydrogen-bond donors (Lipinski definition) is 2. The van der Waals surface area contributed by atoms with E-state index < -0.39 is 9.84 Å². The molecule has 18 heavy (non-hydrogen) atoms. The maximum absolute atomic E-state index is 10.9. The molecule has 1 aromatic rings. The van der Waals surface area contributed by atoms with Gasteiger partial charge in [-0.15, -0.1) is 24.0 Å². The number of anilines is 1. The predicted octanol–water partition coefficient (Wildman–Crippen LogP) is 1.38. The van der Waals surface area contributed by atoms with Gasteiger partial charge >= 0.3 is 0 Å². The number of rotatable bonds is 4. The van der Waals surface area contributed by atoms with Crippen molar-refractivity contribution in [2.24, 2.45) is 10.7 Å². The van der Waals surface area contributed by atoms with Crippen LogP contribution in [-0.4, -0.2) is 32.9 Å². The molecule has 0 saturated heterocycles. The standard InChI is InChI=1S/C11H17N3O2S.HI/c1-9-3-5-10(6-4-9)14-11(12)13-7-8-17(2,15)16;/h3-6H,7-8H2,1-2H3,(H3,12,13,14);1H. The van der Waals surface area contributed by atoms with Crippen LogP contribution in [0.25, 0.3) is 0 Å². The van der Waals surface area contributed by atoms with Crippen molar-refractivity contribution in [2.75, 3.05) is 23.9 Å². The summed E-state index contributed by atoms with van der Waals surface area (Å²) >= 11 is 0. The molecule has 0 aromatic heterocycles. The number of nitrogens with two attached hydrogens (primary N) is 1. The molecule has 1 aromatic carbocycles. The molecule has 0 heterocycles. The van der Waals surface area contributed by atoms with E-state index in [1.807, 2.05) is 31.2 Å². The number of guanidine groups is 1. The maximum atomic E-state index is 10.9. The van der Waals surface area contributed by atoms with Gasteiger partial charge in [-0.1, -0.05) is 17.7 Å². The summed E-state index contributed by atoms with van der Waals surface area (Å²) in [5, 5.41) is 2.89. The molecule has 0 spiro atoms. The predicted molar refractivity (Wildman–Crippen MR) is 86.4 cm³/mol. The Balaban J connectivity index is 0.00000289. The number of nitrogens with one attached hydrogen (secondary N) is 1. The summed E-state index contributed by atoms with van der Waals surface area (Å²) in [5.74, 6) is 0.223. The molecule has 0 aliphatic heterocycles. The highest BCUT2D eigenvalue weighted by molar-refractivity contribution is 14.0. The van der Waals surface area contributed by atoms with Crippen molar-refractivity contribution in [1.29, 1.82) is 0 Å². The number of halogens is 1. The third-order valence-corrected chi connectivity index (χ3v) is 2.99. The zero-order valence-corrected chi connectivity index (χ0v) is 13.5. The molecule has 3 N–H and O–H groups in total. The highest BCUT2D eigenvalue weighted by Crippen LogP contribution is 2.07. The summed E-state index contributed by atoms with van der Waals surface area (Å²) in [6.45, 7) is 2.16. The van der Waals surface area contributed by atoms with Crippen LogP contribution in [0.4, 0.5) is 5.69 Å². The Morgan fingerprint density at radius 3 is 2.39 bits per heavy atom. The molecule has 102 valence electrons. The molecule has 0 fully saturated rings. The summed E-state index contributed by atoms with van der Waals surface area (Å²) in [4.78, 5) is 3.93. The van der Waals surface area contributed by atoms with Gasteiger partial charge in [0.25, 0.3) is 0 Å². The molecule has 0 radical (unpaired) electrons. The summed E-state index contributed by atoms with van der Waals surface area (Å²) in [7, 11) is -2.99. The zero-order valence-electron chi connectivity index (χ0n) is 10.4. The van der Waals surface area contributed by atoms with Crippen molar-refractivity contribution in [3.05, 3.63) is 29.8 Å². The van der Waals surface area contributed by atoms with Gasteiger partial charge in [-0.3, -0.25) is 4.99 Å². The highest BCUT2D eigenvalue weighted by Gasteiger charge is 2.00. The number of aryl methyl sites for hydroxylation is 1. The van der Waals surface area contributed by atoms with Crippen molar-refractivity contribution in [2.45, 2.75) is 6.92 Å². The van der Waals surface area contributed by atoms with Crippen LogP contribution in [0.15, 0.2) is 29.3 Å². The molecular weight excluding hydrogens is 365 g/mol. The Kier molecular flexibility index (Phi) is 7.22. The van der Waals surface area contributed by atoms with Crippen LogP contribution in [0.2, 0.25) is 0 Å². The molecule has 5 nitrogen and oxygen atoms in total. The molecule has 0 aliphatic carbocycles. The second-order valence-electron chi connectivity index (χ2n) is 3.89. The van der Waals surface area contributed by atoms with Crippen molar-refractivity contribution in [3.8, 4) is 0 Å². The quantitative estimate of drug-likeness (QED) is 0.468. The second kappa shape index (κ2) is 7.57. The third-order valence-electron chi connectivity index (χ3n) is 2.07. The van der Waals surface area contributed by atoms with Crippen LogP contribution in [0, 0.1) is 6.92 Å². The average molecular weight is 383 g/mol. The molecular formula is C11H18IN3O2S. The van der Waals surface area contributed by atoms with Crippen molar-refractivity contribution in [1.82, 2.24) is 0 Å². The van der Waals surface area contributed by atoms with Gasteiger partial charge in [-0.25, -0.2) is 8.42 Å². The Morgan fingerprint density at radius 1 is 1.33 bits per heavy atom. The lowest BCUT2D eigenvalue weighted by atomic mass is 10.2. The first-order valence-corrected chi connectivity index (χ1v) is 7.24. The molecule has 0 aliphatic rings. The molecule has 0 saturated carbocycles. The smallest absolute Gasteiger partial charge is 0.193 e. The van der Waals surface area contributed by atoms with Crippen LogP contribution >= 0.6 is 24.0 Å². The second-order valence-corrected chi connectivity index (χ2v) is 6.15. The summed E-state index contributed by atoms with van der Waals surface area (Å²) in [6, 6.07) is 7.67. The number of benzene rings is 1. The maximum Gasteiger partial charge on any atom is 0.193 e. The third kappa shape index (κ3) is 7.49. The van der Waals surface area contributed by atoms with E-state index in [-0.39, 0.29) is 42.2 Å². The SMILES string of the molecule is Cc1ccc(NC(N)=NCCS(C)(=O)=O)cc1.I. The Hall–Kier alpha value is -0.830. The van der Waals surface area contributed by atoms with E-state index in [1.165, 1.54) is 6.26 Å². The van der Waals surface area contributed by atoms with Gasteiger partial charge in [0.05, 0.1) is 12.3 Å². The zero-order chi connectivity index (χ0) is 12.9. The van der Waals surface area contributed by atoms with Gasteiger partial charge < -0.3 is 11.1 Å². The van der Waals surface area contributed by atoms with Crippen LogP contribution in [0.3, 0.4) is 0 Å². The van der Waals surface area contributed by atoms with E-state index in [2.05, 4.69) is 10.3 Å². The fourth-order valence-corrected chi connectivity index (χ4v) is 1.58. The van der Waals surface area contributed by atoms with Crippen LogP contribution < -0.4 is 11.1 Å². The lowest BCUT2D eigenvalue weighted by Gasteiger charge is -2.05. The largest absolute Gasteiger partial charge is 0.370 e. The fourth-order valence-electron chi connectivity index (χ4n) is 1.16. The van der Waals surface area contributed by atoms with Crippen molar-refractivity contribution < 1.29 is 8.42 Å². The van der Waals surface area contributed by atoms with Crippen LogP contribution in [0.5, 0.6) is 0 Å². The van der Waals surface area contributed by atoms with Crippen molar-refractivity contribution in [3.63, 3.8) is 0 Å². The summed E-state index contributed by atoms with van der Waals surface area (Å²) < 4.78 is 21.8. The summed E-state index contributed by atoms with van der Waals surface area (Å²) in [5.41, 5.74) is 7.60. The number of nitrogens with zero attached hydrogens (tertiary/aromatic N) is 1. The minimum atomic E-state index is -2.99. The Labute approximate surface area is 125 Å². The number of sulfone groups is 1. The van der Waals surface area contributed by atoms with E-state index >= 15 is 0 Å². The van der Waals surface area contributed by atoms with E-state index in [0.717, 1.165) is 11.3 Å². The normalized spacial score (nSPS) is 11.8. The van der Waals surface area contributed by atoms with Crippen LogP contribution in [-0.2, 0) is 9.84 Å². The molecule has 0 atom stereocenters. The van der Waals surface area contributed by atoms with Gasteiger partial charge in [0.15, 0.2) is 5.96 Å². The van der Waals surface area contributed by atoms with Gasteiger partial charge in [0.1, 0.15) is 9.84 Å². The van der Waals surface area contributed by atoms with E-state index in [9.17, 15) is 8.42 Å². The van der Waals surface area contributed by atoms with Gasteiger partial charge in [0, 0.05) is 11.9 Å². The van der Waals surface area contributed by atoms with Crippen molar-refractivity contribution >= 4 is 45.5 Å². The summed E-state index contributed by atoms with van der Waals surface area (Å²) in [6.07, 6.45) is 1.17. The van der Waals surface area contributed by atoms with Gasteiger partial charge in [-0.2, -0.15) is 0 Å². The Bertz CT molecular complexity index is 498. The monoisotopic (exact) mass is 383 g/mol. The average Bonchev–Trinajstić information content (AvgIpc) is 2.19. The van der Waals surface area contributed by atoms with Gasteiger partial charge in [-0.05, 0) is 19.1 Å². The van der Waals surface area contributed by atoms with E-state index in [1.54, 1.807) is 0 Å². The lowest BCUT2D eigenvalue weighted by Crippen LogP contribution is -2.23.